The third-order valence-corrected chi connectivity index (χ3v) is 5.78. The van der Waals surface area contributed by atoms with Crippen molar-refractivity contribution in [1.82, 2.24) is 14.5 Å². The zero-order chi connectivity index (χ0) is 23.5. The number of hydrogen-bond donors (Lipinski definition) is 0. The summed E-state index contributed by atoms with van der Waals surface area (Å²) in [4.78, 5) is 21.5. The summed E-state index contributed by atoms with van der Waals surface area (Å²) in [5.74, 6) is 1.22. The van der Waals surface area contributed by atoms with Crippen molar-refractivity contribution < 1.29 is 14.3 Å². The maximum Gasteiger partial charge on any atom is 0.356 e. The van der Waals surface area contributed by atoms with Gasteiger partial charge in [-0.05, 0) is 75.2 Å². The third-order valence-electron chi connectivity index (χ3n) is 5.43. The molecule has 0 N–H and O–H groups in total. The molecule has 0 aliphatic carbocycles. The van der Waals surface area contributed by atoms with Crippen molar-refractivity contribution in [3.63, 3.8) is 0 Å². The standard InChI is InChI=1S/C26H26ClN3O3/c1-5-32-20-11-10-18(21(27)14-20)15-30-17(4)28-25-16(3)12-19(13-24(25)30)22-8-7-9-23(29-22)26(31)33-6-2/h7-14H,5-6,15H2,1-4H3. The molecule has 0 unspecified atom stereocenters. The summed E-state index contributed by atoms with van der Waals surface area (Å²) in [7, 11) is 0. The number of ether oxygens (including phenoxy) is 2. The highest BCUT2D eigenvalue weighted by Gasteiger charge is 2.15. The normalized spacial score (nSPS) is 11.1. The highest BCUT2D eigenvalue weighted by atomic mass is 35.5. The maximum absolute atomic E-state index is 12.1. The van der Waals surface area contributed by atoms with Gasteiger partial charge in [0.05, 0.1) is 36.5 Å². The Kier molecular flexibility index (Phi) is 6.65. The van der Waals surface area contributed by atoms with Crippen LogP contribution in [0.4, 0.5) is 0 Å². The van der Waals surface area contributed by atoms with E-state index in [0.717, 1.165) is 39.3 Å². The molecular weight excluding hydrogens is 438 g/mol. The summed E-state index contributed by atoms with van der Waals surface area (Å²) in [5.41, 5.74) is 5.83. The number of aryl methyl sites for hydroxylation is 2. The van der Waals surface area contributed by atoms with Gasteiger partial charge in [0.2, 0.25) is 0 Å². The summed E-state index contributed by atoms with van der Waals surface area (Å²) in [6, 6.07) is 15.2. The summed E-state index contributed by atoms with van der Waals surface area (Å²) in [6.45, 7) is 9.21. The number of halogens is 1. The molecule has 2 heterocycles. The first-order chi connectivity index (χ1) is 15.9. The number of rotatable bonds is 7. The number of nitrogens with zero attached hydrogens (tertiary/aromatic N) is 3. The molecular formula is C26H26ClN3O3. The largest absolute Gasteiger partial charge is 0.494 e. The molecule has 0 aliphatic heterocycles. The Labute approximate surface area is 198 Å². The molecule has 0 amide bonds. The molecule has 0 saturated carbocycles. The first kappa shape index (κ1) is 22.8. The van der Waals surface area contributed by atoms with Gasteiger partial charge in [0.1, 0.15) is 17.3 Å². The lowest BCUT2D eigenvalue weighted by Crippen LogP contribution is -2.07. The van der Waals surface area contributed by atoms with Gasteiger partial charge in [-0.3, -0.25) is 0 Å². The molecule has 2 aromatic heterocycles. The van der Waals surface area contributed by atoms with E-state index in [2.05, 4.69) is 15.6 Å². The lowest BCUT2D eigenvalue weighted by molar-refractivity contribution is 0.0519. The molecule has 0 saturated heterocycles. The van der Waals surface area contributed by atoms with Crippen molar-refractivity contribution in [1.29, 1.82) is 0 Å². The van der Waals surface area contributed by atoms with Crippen LogP contribution in [0.3, 0.4) is 0 Å². The zero-order valence-electron chi connectivity index (χ0n) is 19.2. The Hall–Kier alpha value is -3.38. The van der Waals surface area contributed by atoms with Crippen molar-refractivity contribution in [2.45, 2.75) is 34.2 Å². The fourth-order valence-electron chi connectivity index (χ4n) is 3.85. The van der Waals surface area contributed by atoms with E-state index in [1.807, 2.05) is 57.2 Å². The van der Waals surface area contributed by atoms with Crippen molar-refractivity contribution in [2.24, 2.45) is 0 Å². The van der Waals surface area contributed by atoms with E-state index >= 15 is 0 Å². The molecule has 2 aromatic carbocycles. The van der Waals surface area contributed by atoms with E-state index in [9.17, 15) is 4.79 Å². The van der Waals surface area contributed by atoms with E-state index in [0.29, 0.717) is 30.5 Å². The van der Waals surface area contributed by atoms with Crippen LogP contribution in [0.15, 0.2) is 48.5 Å². The van der Waals surface area contributed by atoms with Crippen LogP contribution >= 0.6 is 11.6 Å². The number of benzene rings is 2. The third kappa shape index (κ3) is 4.71. The van der Waals surface area contributed by atoms with Crippen LogP contribution in [-0.4, -0.2) is 33.7 Å². The van der Waals surface area contributed by atoms with Crippen molar-refractivity contribution in [2.75, 3.05) is 13.2 Å². The average Bonchev–Trinajstić information content (AvgIpc) is 3.12. The zero-order valence-corrected chi connectivity index (χ0v) is 19.9. The second-order valence-corrected chi connectivity index (χ2v) is 8.13. The van der Waals surface area contributed by atoms with Gasteiger partial charge < -0.3 is 14.0 Å². The molecule has 0 spiro atoms. The molecule has 33 heavy (non-hydrogen) atoms. The van der Waals surface area contributed by atoms with Crippen LogP contribution < -0.4 is 4.74 Å². The molecule has 0 bridgehead atoms. The number of hydrogen-bond acceptors (Lipinski definition) is 5. The van der Waals surface area contributed by atoms with Crippen LogP contribution in [0.1, 0.15) is 41.3 Å². The van der Waals surface area contributed by atoms with E-state index in [4.69, 9.17) is 26.1 Å². The fraction of sp³-hybridized carbons (Fsp3) is 0.269. The van der Waals surface area contributed by atoms with Crippen LogP contribution in [-0.2, 0) is 11.3 Å². The van der Waals surface area contributed by atoms with E-state index in [1.165, 1.54) is 0 Å². The van der Waals surface area contributed by atoms with E-state index < -0.39 is 5.97 Å². The Morgan fingerprint density at radius 2 is 1.85 bits per heavy atom. The maximum atomic E-state index is 12.1. The van der Waals surface area contributed by atoms with Crippen molar-refractivity contribution >= 4 is 28.6 Å². The predicted octanol–water partition coefficient (Wildman–Crippen LogP) is 5.99. The van der Waals surface area contributed by atoms with Gasteiger partial charge in [-0.2, -0.15) is 0 Å². The van der Waals surface area contributed by atoms with Gasteiger partial charge >= 0.3 is 5.97 Å². The second kappa shape index (κ2) is 9.63. The van der Waals surface area contributed by atoms with Crippen molar-refractivity contribution in [3.8, 4) is 17.0 Å². The topological polar surface area (TPSA) is 66.2 Å². The Bertz CT molecular complexity index is 1330. The summed E-state index contributed by atoms with van der Waals surface area (Å²) in [5, 5.41) is 0.652. The number of pyridine rings is 1. The number of imidazole rings is 1. The summed E-state index contributed by atoms with van der Waals surface area (Å²) in [6.07, 6.45) is 0. The SMILES string of the molecule is CCOC(=O)c1cccc(-c2cc(C)c3nc(C)n(Cc4ccc(OCC)cc4Cl)c3c2)n1. The number of fused-ring (bicyclic) bond motifs is 1. The minimum atomic E-state index is -0.428. The van der Waals surface area contributed by atoms with Crippen molar-refractivity contribution in [3.05, 3.63) is 76.2 Å². The number of carbonyl (C=O) groups excluding carboxylic acids is 1. The van der Waals surface area contributed by atoms with Gasteiger partial charge in [0.15, 0.2) is 0 Å². The highest BCUT2D eigenvalue weighted by molar-refractivity contribution is 6.31. The molecule has 0 atom stereocenters. The number of esters is 1. The molecule has 4 rings (SSSR count). The first-order valence-corrected chi connectivity index (χ1v) is 11.3. The fourth-order valence-corrected chi connectivity index (χ4v) is 4.08. The molecule has 0 fully saturated rings. The number of aromatic nitrogens is 3. The lowest BCUT2D eigenvalue weighted by Gasteiger charge is -2.12. The summed E-state index contributed by atoms with van der Waals surface area (Å²) < 4.78 is 12.8. The molecule has 7 heteroatoms. The Balaban J connectivity index is 1.76. The van der Waals surface area contributed by atoms with Gasteiger partial charge in [0, 0.05) is 10.6 Å². The Morgan fingerprint density at radius 3 is 2.58 bits per heavy atom. The molecule has 6 nitrogen and oxygen atoms in total. The molecule has 4 aromatic rings. The predicted molar refractivity (Wildman–Crippen MR) is 130 cm³/mol. The molecule has 170 valence electrons. The smallest absolute Gasteiger partial charge is 0.356 e. The van der Waals surface area contributed by atoms with Crippen LogP contribution in [0.2, 0.25) is 5.02 Å². The first-order valence-electron chi connectivity index (χ1n) is 10.9. The van der Waals surface area contributed by atoms with E-state index in [-0.39, 0.29) is 5.69 Å². The van der Waals surface area contributed by atoms with Gasteiger partial charge in [-0.25, -0.2) is 14.8 Å². The molecule has 0 aliphatic rings. The van der Waals surface area contributed by atoms with Gasteiger partial charge in [-0.15, -0.1) is 0 Å². The molecule has 0 radical (unpaired) electrons. The second-order valence-electron chi connectivity index (χ2n) is 7.72. The lowest BCUT2D eigenvalue weighted by atomic mass is 10.1. The van der Waals surface area contributed by atoms with Crippen LogP contribution in [0.5, 0.6) is 5.75 Å². The van der Waals surface area contributed by atoms with Gasteiger partial charge in [-0.1, -0.05) is 23.7 Å². The van der Waals surface area contributed by atoms with Crippen LogP contribution in [0.25, 0.3) is 22.3 Å². The average molecular weight is 464 g/mol. The van der Waals surface area contributed by atoms with E-state index in [1.54, 1.807) is 13.0 Å². The monoisotopic (exact) mass is 463 g/mol. The number of carbonyl (C=O) groups is 1. The van der Waals surface area contributed by atoms with Crippen LogP contribution in [0, 0.1) is 13.8 Å². The Morgan fingerprint density at radius 1 is 1.03 bits per heavy atom. The minimum absolute atomic E-state index is 0.290. The minimum Gasteiger partial charge on any atom is -0.494 e. The summed E-state index contributed by atoms with van der Waals surface area (Å²) >= 11 is 6.55. The van der Waals surface area contributed by atoms with Gasteiger partial charge in [0.25, 0.3) is 0 Å². The highest BCUT2D eigenvalue weighted by Crippen LogP contribution is 2.30. The quantitative estimate of drug-likeness (QED) is 0.315.